The number of hydrogen-bond donors (Lipinski definition) is 1. The smallest absolute Gasteiger partial charge is 0.419 e. The summed E-state index contributed by atoms with van der Waals surface area (Å²) in [7, 11) is 0. The topological polar surface area (TPSA) is 96.0 Å². The molecule has 0 aliphatic carbocycles. The lowest BCUT2D eigenvalue weighted by Crippen LogP contribution is -2.56. The number of rotatable bonds is 3. The molecule has 0 radical (unpaired) electrons. The summed E-state index contributed by atoms with van der Waals surface area (Å²) in [5.74, 6) is -1.65. The van der Waals surface area contributed by atoms with Gasteiger partial charge in [0.05, 0.1) is 28.9 Å². The minimum atomic E-state index is -2.17. The van der Waals surface area contributed by atoms with Crippen molar-refractivity contribution in [1.82, 2.24) is 10.2 Å². The number of fused-ring (bicyclic) bond motifs is 2. The van der Waals surface area contributed by atoms with Crippen LogP contribution in [0.15, 0.2) is 42.5 Å². The van der Waals surface area contributed by atoms with E-state index in [2.05, 4.69) is 5.32 Å². The summed E-state index contributed by atoms with van der Waals surface area (Å²) in [6, 6.07) is 10.4. The van der Waals surface area contributed by atoms with Crippen molar-refractivity contribution < 1.29 is 23.9 Å². The van der Waals surface area contributed by atoms with E-state index in [4.69, 9.17) is 27.9 Å². The number of benzene rings is 2. The molecule has 2 aromatic rings. The summed E-state index contributed by atoms with van der Waals surface area (Å²) < 4.78 is 4.95. The van der Waals surface area contributed by atoms with Gasteiger partial charge < -0.3 is 9.64 Å². The average Bonchev–Trinajstić information content (AvgIpc) is 3.11. The standard InChI is InChI=1S/C20H15Cl2N3O5/c1-2-30-19(29)25-18(28)23-16(26)20(25)12-5-3-4-6-15(12)24(17(20)27)10-11-7-8-13(21)14(22)9-11/h3-9H,2,10H2,1H3,(H,23,26,28)/t20-/m1/s1. The summed E-state index contributed by atoms with van der Waals surface area (Å²) >= 11 is 12.0. The molecule has 2 aliphatic rings. The van der Waals surface area contributed by atoms with Crippen molar-refractivity contribution >= 4 is 52.8 Å². The Morgan fingerprint density at radius 2 is 1.83 bits per heavy atom. The van der Waals surface area contributed by atoms with Gasteiger partial charge in [-0.2, -0.15) is 4.90 Å². The third-order valence-electron chi connectivity index (χ3n) is 5.00. The monoisotopic (exact) mass is 447 g/mol. The highest BCUT2D eigenvalue weighted by atomic mass is 35.5. The molecule has 1 saturated heterocycles. The highest BCUT2D eigenvalue weighted by Crippen LogP contribution is 2.47. The quantitative estimate of drug-likeness (QED) is 0.574. The van der Waals surface area contributed by atoms with E-state index in [-0.39, 0.29) is 18.7 Å². The first kappa shape index (κ1) is 20.2. The molecule has 0 bridgehead atoms. The highest BCUT2D eigenvalue weighted by Gasteiger charge is 2.68. The van der Waals surface area contributed by atoms with E-state index < -0.39 is 29.5 Å². The van der Waals surface area contributed by atoms with Crippen LogP contribution in [-0.2, 0) is 26.4 Å². The normalized spacial score (nSPS) is 20.0. The molecule has 0 unspecified atom stereocenters. The third-order valence-corrected chi connectivity index (χ3v) is 5.74. The number of imide groups is 2. The van der Waals surface area contributed by atoms with Gasteiger partial charge in [-0.3, -0.25) is 14.9 Å². The maximum atomic E-state index is 13.6. The summed E-state index contributed by atoms with van der Waals surface area (Å²) in [5.41, 5.74) is -0.910. The molecule has 154 valence electrons. The second-order valence-electron chi connectivity index (χ2n) is 6.66. The molecule has 30 heavy (non-hydrogen) atoms. The van der Waals surface area contributed by atoms with Gasteiger partial charge in [-0.1, -0.05) is 47.5 Å². The van der Waals surface area contributed by atoms with E-state index in [1.54, 1.807) is 43.3 Å². The maximum Gasteiger partial charge on any atom is 0.419 e. The van der Waals surface area contributed by atoms with Crippen LogP contribution in [0.25, 0.3) is 0 Å². The van der Waals surface area contributed by atoms with Crippen LogP contribution in [0, 0.1) is 0 Å². The van der Waals surface area contributed by atoms with Gasteiger partial charge in [0.25, 0.3) is 11.8 Å². The van der Waals surface area contributed by atoms with Crippen LogP contribution in [0.5, 0.6) is 0 Å². The van der Waals surface area contributed by atoms with Crippen LogP contribution < -0.4 is 10.2 Å². The Morgan fingerprint density at radius 3 is 2.53 bits per heavy atom. The average molecular weight is 448 g/mol. The van der Waals surface area contributed by atoms with Crippen LogP contribution in [0.4, 0.5) is 15.3 Å². The molecule has 1 atom stereocenters. The van der Waals surface area contributed by atoms with Gasteiger partial charge in [-0.25, -0.2) is 9.59 Å². The number of carbonyl (C=O) groups excluding carboxylic acids is 4. The van der Waals surface area contributed by atoms with Crippen molar-refractivity contribution in [2.75, 3.05) is 11.5 Å². The second-order valence-corrected chi connectivity index (χ2v) is 7.48. The van der Waals surface area contributed by atoms with Crippen molar-refractivity contribution in [3.63, 3.8) is 0 Å². The first-order valence-electron chi connectivity index (χ1n) is 9.00. The van der Waals surface area contributed by atoms with Crippen LogP contribution >= 0.6 is 23.2 Å². The summed E-state index contributed by atoms with van der Waals surface area (Å²) in [4.78, 5) is 53.4. The van der Waals surface area contributed by atoms with E-state index in [0.29, 0.717) is 26.2 Å². The van der Waals surface area contributed by atoms with E-state index >= 15 is 0 Å². The SMILES string of the molecule is CCOC(=O)N1C(=O)NC(=O)[C@]12C(=O)N(Cc1ccc(Cl)c(Cl)c1)c1ccccc12. The molecular weight excluding hydrogens is 433 g/mol. The molecule has 0 aromatic heterocycles. The van der Waals surface area contributed by atoms with Gasteiger partial charge in [0.1, 0.15) is 0 Å². The number of hydrogen-bond acceptors (Lipinski definition) is 5. The number of amides is 5. The zero-order chi connectivity index (χ0) is 21.6. The minimum absolute atomic E-state index is 0.0320. The van der Waals surface area contributed by atoms with E-state index in [0.717, 1.165) is 0 Å². The minimum Gasteiger partial charge on any atom is -0.449 e. The van der Waals surface area contributed by atoms with Crippen molar-refractivity contribution in [1.29, 1.82) is 0 Å². The predicted molar refractivity (Wildman–Crippen MR) is 108 cm³/mol. The maximum absolute atomic E-state index is 13.6. The molecule has 5 amide bonds. The van der Waals surface area contributed by atoms with Crippen LogP contribution in [0.2, 0.25) is 10.0 Å². The fourth-order valence-electron chi connectivity index (χ4n) is 3.75. The fourth-order valence-corrected chi connectivity index (χ4v) is 4.07. The van der Waals surface area contributed by atoms with Gasteiger partial charge in [0.2, 0.25) is 5.54 Å². The molecular formula is C20H15Cl2N3O5. The third kappa shape index (κ3) is 2.75. The van der Waals surface area contributed by atoms with Crippen molar-refractivity contribution in [2.24, 2.45) is 0 Å². The Morgan fingerprint density at radius 1 is 1.10 bits per heavy atom. The van der Waals surface area contributed by atoms with E-state index in [9.17, 15) is 19.2 Å². The van der Waals surface area contributed by atoms with Gasteiger partial charge in [0, 0.05) is 5.56 Å². The number of carbonyl (C=O) groups is 4. The van der Waals surface area contributed by atoms with E-state index in [1.807, 2.05) is 0 Å². The van der Waals surface area contributed by atoms with Crippen LogP contribution in [0.3, 0.4) is 0 Å². The molecule has 2 aromatic carbocycles. The molecule has 1 spiro atoms. The summed E-state index contributed by atoms with van der Waals surface area (Å²) in [6.07, 6.45) is -1.08. The zero-order valence-corrected chi connectivity index (χ0v) is 17.2. The Bertz CT molecular complexity index is 1110. The lowest BCUT2D eigenvalue weighted by molar-refractivity contribution is -0.137. The Balaban J connectivity index is 1.85. The van der Waals surface area contributed by atoms with Gasteiger partial charge >= 0.3 is 12.1 Å². The number of urea groups is 1. The second kappa shape index (κ2) is 7.30. The highest BCUT2D eigenvalue weighted by molar-refractivity contribution is 6.42. The first-order valence-corrected chi connectivity index (χ1v) is 9.75. The first-order chi connectivity index (χ1) is 14.3. The summed E-state index contributed by atoms with van der Waals surface area (Å²) in [5, 5.41) is 2.74. The largest absolute Gasteiger partial charge is 0.449 e. The lowest BCUT2D eigenvalue weighted by Gasteiger charge is -2.28. The Hall–Kier alpha value is -3.10. The number of halogens is 2. The summed E-state index contributed by atoms with van der Waals surface area (Å²) in [6.45, 7) is 1.57. The van der Waals surface area contributed by atoms with Crippen molar-refractivity contribution in [3.8, 4) is 0 Å². The lowest BCUT2D eigenvalue weighted by atomic mass is 9.90. The van der Waals surface area contributed by atoms with Crippen LogP contribution in [-0.4, -0.2) is 35.4 Å². The number of nitrogens with zero attached hydrogens (tertiary/aromatic N) is 2. The number of nitrogens with one attached hydrogen (secondary N) is 1. The van der Waals surface area contributed by atoms with E-state index in [1.165, 1.54) is 11.0 Å². The number of ether oxygens (including phenoxy) is 1. The molecule has 1 fully saturated rings. The zero-order valence-electron chi connectivity index (χ0n) is 15.6. The van der Waals surface area contributed by atoms with Gasteiger partial charge in [-0.15, -0.1) is 0 Å². The molecule has 2 heterocycles. The number of para-hydroxylation sites is 1. The van der Waals surface area contributed by atoms with Gasteiger partial charge in [-0.05, 0) is 30.7 Å². The molecule has 10 heteroatoms. The van der Waals surface area contributed by atoms with Gasteiger partial charge in [0.15, 0.2) is 0 Å². The molecule has 1 N–H and O–H groups in total. The predicted octanol–water partition coefficient (Wildman–Crippen LogP) is 3.44. The molecule has 8 nitrogen and oxygen atoms in total. The van der Waals surface area contributed by atoms with Crippen LogP contribution in [0.1, 0.15) is 18.1 Å². The fraction of sp³-hybridized carbons (Fsp3) is 0.200. The molecule has 4 rings (SSSR count). The molecule has 2 aliphatic heterocycles. The molecule has 0 saturated carbocycles. The van der Waals surface area contributed by atoms with Crippen molar-refractivity contribution in [2.45, 2.75) is 19.0 Å². The number of anilines is 1. The Labute approximate surface area is 181 Å². The Kier molecular flexibility index (Phi) is 4.91. The van der Waals surface area contributed by atoms with Crippen molar-refractivity contribution in [3.05, 3.63) is 63.6 Å².